The van der Waals surface area contributed by atoms with Gasteiger partial charge in [0.25, 0.3) is 5.91 Å². The van der Waals surface area contributed by atoms with Crippen molar-refractivity contribution < 1.29 is 14.3 Å². The summed E-state index contributed by atoms with van der Waals surface area (Å²) in [5.74, 6) is 1.92. The molecule has 27 heavy (non-hydrogen) atoms. The van der Waals surface area contributed by atoms with Crippen molar-refractivity contribution >= 4 is 11.7 Å². The van der Waals surface area contributed by atoms with Crippen LogP contribution in [0.15, 0.2) is 42.6 Å². The molecular weight excluding hydrogens is 344 g/mol. The van der Waals surface area contributed by atoms with Crippen LogP contribution in [0.4, 0.5) is 5.82 Å². The molecule has 1 unspecified atom stereocenters. The fourth-order valence-corrected chi connectivity index (χ4v) is 2.95. The summed E-state index contributed by atoms with van der Waals surface area (Å²) in [5.41, 5.74) is 2.68. The molecule has 7 nitrogen and oxygen atoms in total. The maximum atomic E-state index is 12.7. The van der Waals surface area contributed by atoms with Gasteiger partial charge < -0.3 is 14.8 Å². The molecule has 1 N–H and O–H groups in total. The lowest BCUT2D eigenvalue weighted by molar-refractivity contribution is 0.0674. The molecule has 136 valence electrons. The van der Waals surface area contributed by atoms with Crippen LogP contribution in [0, 0.1) is 13.8 Å². The molecule has 1 aliphatic rings. The zero-order chi connectivity index (χ0) is 19.0. The average Bonchev–Trinajstić information content (AvgIpc) is 3.03. The van der Waals surface area contributed by atoms with Crippen LogP contribution >= 0.6 is 0 Å². The van der Waals surface area contributed by atoms with Crippen molar-refractivity contribution in [2.24, 2.45) is 0 Å². The van der Waals surface area contributed by atoms with E-state index in [0.29, 0.717) is 40.1 Å². The van der Waals surface area contributed by atoms with Gasteiger partial charge in [-0.05, 0) is 43.7 Å². The van der Waals surface area contributed by atoms with Crippen LogP contribution in [-0.4, -0.2) is 27.1 Å². The van der Waals surface area contributed by atoms with E-state index in [2.05, 4.69) is 20.3 Å². The predicted molar refractivity (Wildman–Crippen MR) is 99.9 cm³/mol. The third-order valence-electron chi connectivity index (χ3n) is 4.09. The molecule has 0 radical (unpaired) electrons. The Bertz CT molecular complexity index is 1020. The Morgan fingerprint density at radius 1 is 1.07 bits per heavy atom. The molecule has 4 rings (SSSR count). The molecule has 1 aliphatic heterocycles. The number of ether oxygens (including phenoxy) is 2. The summed E-state index contributed by atoms with van der Waals surface area (Å²) in [5, 5.41) is 2.82. The molecule has 0 aliphatic carbocycles. The fourth-order valence-electron chi connectivity index (χ4n) is 2.95. The Balaban J connectivity index is 1.62. The van der Waals surface area contributed by atoms with Crippen LogP contribution < -0.4 is 14.8 Å². The highest BCUT2D eigenvalue weighted by Gasteiger charge is 2.24. The lowest BCUT2D eigenvalue weighted by atomic mass is 10.1. The average molecular weight is 362 g/mol. The van der Waals surface area contributed by atoms with Gasteiger partial charge in [-0.2, -0.15) is 0 Å². The first-order chi connectivity index (χ1) is 13.0. The van der Waals surface area contributed by atoms with E-state index in [-0.39, 0.29) is 12.2 Å². The second kappa shape index (κ2) is 6.68. The van der Waals surface area contributed by atoms with E-state index in [9.17, 15) is 4.79 Å². The molecule has 0 saturated heterocycles. The largest absolute Gasteiger partial charge is 0.451 e. The van der Waals surface area contributed by atoms with Gasteiger partial charge in [-0.25, -0.2) is 9.97 Å². The van der Waals surface area contributed by atoms with E-state index >= 15 is 0 Å². The van der Waals surface area contributed by atoms with Crippen molar-refractivity contribution in [2.75, 3.05) is 5.32 Å². The van der Waals surface area contributed by atoms with Gasteiger partial charge >= 0.3 is 0 Å². The predicted octanol–water partition coefficient (Wildman–Crippen LogP) is 3.52. The second-order valence-electron chi connectivity index (χ2n) is 6.28. The van der Waals surface area contributed by atoms with Crippen LogP contribution in [0.3, 0.4) is 0 Å². The van der Waals surface area contributed by atoms with E-state index in [0.717, 1.165) is 5.56 Å². The number of aromatic nitrogens is 3. The van der Waals surface area contributed by atoms with Crippen molar-refractivity contribution in [3.05, 3.63) is 59.5 Å². The van der Waals surface area contributed by atoms with Gasteiger partial charge in [-0.15, -0.1) is 0 Å². The van der Waals surface area contributed by atoms with Crippen molar-refractivity contribution in [1.29, 1.82) is 0 Å². The Morgan fingerprint density at radius 3 is 2.70 bits per heavy atom. The molecule has 1 amide bonds. The molecule has 0 saturated carbocycles. The zero-order valence-corrected chi connectivity index (χ0v) is 15.2. The van der Waals surface area contributed by atoms with E-state index in [1.807, 2.05) is 32.0 Å². The fraction of sp³-hybridized carbons (Fsp3) is 0.200. The molecular formula is C20H18N4O3. The van der Waals surface area contributed by atoms with E-state index < -0.39 is 0 Å². The minimum atomic E-state index is -0.359. The number of pyridine rings is 1. The molecule has 1 atom stereocenters. The van der Waals surface area contributed by atoms with Gasteiger partial charge in [0.2, 0.25) is 6.29 Å². The molecule has 3 heterocycles. The number of hydrogen-bond acceptors (Lipinski definition) is 6. The van der Waals surface area contributed by atoms with Crippen molar-refractivity contribution in [3.63, 3.8) is 0 Å². The van der Waals surface area contributed by atoms with Crippen molar-refractivity contribution in [3.8, 4) is 22.9 Å². The molecule has 7 heteroatoms. The van der Waals surface area contributed by atoms with Crippen LogP contribution in [0.25, 0.3) is 11.4 Å². The molecule has 2 aromatic heterocycles. The number of carbonyl (C=O) groups is 1. The smallest absolute Gasteiger partial charge is 0.256 e. The first-order valence-electron chi connectivity index (χ1n) is 8.56. The van der Waals surface area contributed by atoms with Crippen LogP contribution in [-0.2, 0) is 0 Å². The highest BCUT2D eigenvalue weighted by Crippen LogP contribution is 2.38. The topological polar surface area (TPSA) is 86.2 Å². The summed E-state index contributed by atoms with van der Waals surface area (Å²) < 4.78 is 11.2. The maximum Gasteiger partial charge on any atom is 0.256 e. The number of nitrogens with zero attached hydrogens (tertiary/aromatic N) is 3. The number of benzene rings is 1. The highest BCUT2D eigenvalue weighted by atomic mass is 16.7. The third kappa shape index (κ3) is 3.44. The Morgan fingerprint density at radius 2 is 1.93 bits per heavy atom. The minimum absolute atomic E-state index is 0.283. The zero-order valence-electron chi connectivity index (χ0n) is 15.2. The van der Waals surface area contributed by atoms with Crippen molar-refractivity contribution in [2.45, 2.75) is 27.1 Å². The molecule has 1 aromatic carbocycles. The molecule has 0 spiro atoms. The number of nitrogens with one attached hydrogen (secondary N) is 1. The quantitative estimate of drug-likeness (QED) is 0.767. The number of anilines is 1. The molecule has 0 fully saturated rings. The van der Waals surface area contributed by atoms with Gasteiger partial charge in [-0.1, -0.05) is 6.07 Å². The summed E-state index contributed by atoms with van der Waals surface area (Å²) in [4.78, 5) is 25.7. The van der Waals surface area contributed by atoms with E-state index in [4.69, 9.17) is 9.47 Å². The lowest BCUT2D eigenvalue weighted by Crippen LogP contribution is -2.14. The molecule has 3 aromatic rings. The highest BCUT2D eigenvalue weighted by molar-refractivity contribution is 6.04. The van der Waals surface area contributed by atoms with Gasteiger partial charge in [0.05, 0.1) is 11.4 Å². The van der Waals surface area contributed by atoms with Gasteiger partial charge in [0.15, 0.2) is 11.5 Å². The monoisotopic (exact) mass is 362 g/mol. The summed E-state index contributed by atoms with van der Waals surface area (Å²) >= 11 is 0. The van der Waals surface area contributed by atoms with Crippen LogP contribution in [0.5, 0.6) is 11.5 Å². The number of amides is 1. The number of aryl methyl sites for hydroxylation is 2. The standard InChI is InChI=1S/C20H18N4O3/c1-11-8-14(9-17-19(11)27-13(3)26-17)20(25)24-18-10-16(22-12(2)23-18)15-6-4-5-7-21-15/h4-10,13H,1-3H3,(H,22,23,24,25). The summed E-state index contributed by atoms with van der Waals surface area (Å²) in [6.45, 7) is 5.46. The number of rotatable bonds is 3. The van der Waals surface area contributed by atoms with Gasteiger partial charge in [0, 0.05) is 24.8 Å². The van der Waals surface area contributed by atoms with E-state index in [1.54, 1.807) is 31.3 Å². The summed E-state index contributed by atoms with van der Waals surface area (Å²) in [6, 6.07) is 10.7. The number of hydrogen-bond donors (Lipinski definition) is 1. The first-order valence-corrected chi connectivity index (χ1v) is 8.56. The summed E-state index contributed by atoms with van der Waals surface area (Å²) in [7, 11) is 0. The Kier molecular flexibility index (Phi) is 4.19. The van der Waals surface area contributed by atoms with Crippen LogP contribution in [0.2, 0.25) is 0 Å². The SMILES string of the molecule is Cc1nc(NC(=O)c2cc(C)c3c(c2)OC(C)O3)cc(-c2ccccn2)n1. The number of fused-ring (bicyclic) bond motifs is 1. The second-order valence-corrected chi connectivity index (χ2v) is 6.28. The van der Waals surface area contributed by atoms with Crippen LogP contribution in [0.1, 0.15) is 28.7 Å². The first kappa shape index (κ1) is 17.0. The normalized spacial score (nSPS) is 14.9. The number of carbonyl (C=O) groups excluding carboxylic acids is 1. The van der Waals surface area contributed by atoms with Crippen molar-refractivity contribution in [1.82, 2.24) is 15.0 Å². The molecule has 0 bridgehead atoms. The van der Waals surface area contributed by atoms with E-state index in [1.165, 1.54) is 0 Å². The minimum Gasteiger partial charge on any atom is -0.451 e. The van der Waals surface area contributed by atoms with Gasteiger partial charge in [0.1, 0.15) is 11.6 Å². The van der Waals surface area contributed by atoms with Gasteiger partial charge in [-0.3, -0.25) is 9.78 Å². The third-order valence-corrected chi connectivity index (χ3v) is 4.09. The summed E-state index contributed by atoms with van der Waals surface area (Å²) in [6.07, 6.45) is 1.34. The lowest BCUT2D eigenvalue weighted by Gasteiger charge is -2.09. The Labute approximate surface area is 156 Å². The maximum absolute atomic E-state index is 12.7. The Hall–Kier alpha value is -3.48.